The number of nitrogens with zero attached hydrogens (tertiary/aromatic N) is 4. The minimum absolute atomic E-state index is 0.158. The molecule has 4 rings (SSSR count). The molecule has 0 N–H and O–H groups in total. The first-order valence-corrected chi connectivity index (χ1v) is 11.5. The molecule has 1 aliphatic carbocycles. The number of hydrogen-bond acceptors (Lipinski definition) is 5. The van der Waals surface area contributed by atoms with Crippen molar-refractivity contribution >= 4 is 17.7 Å². The Hall–Kier alpha value is -2.15. The summed E-state index contributed by atoms with van der Waals surface area (Å²) >= 11 is 1.44. The lowest BCUT2D eigenvalue weighted by molar-refractivity contribution is -0.129. The van der Waals surface area contributed by atoms with Crippen LogP contribution in [0, 0.1) is 5.92 Å². The lowest BCUT2D eigenvalue weighted by Gasteiger charge is -2.30. The highest BCUT2D eigenvalue weighted by Crippen LogP contribution is 2.29. The van der Waals surface area contributed by atoms with E-state index in [9.17, 15) is 9.59 Å². The van der Waals surface area contributed by atoms with Gasteiger partial charge in [0.15, 0.2) is 0 Å². The van der Waals surface area contributed by atoms with Gasteiger partial charge in [0.25, 0.3) is 0 Å². The van der Waals surface area contributed by atoms with Gasteiger partial charge in [0.2, 0.25) is 5.91 Å². The van der Waals surface area contributed by atoms with Crippen LogP contribution in [0.3, 0.4) is 0 Å². The van der Waals surface area contributed by atoms with Crippen LogP contribution in [-0.2, 0) is 24.2 Å². The van der Waals surface area contributed by atoms with E-state index in [-0.39, 0.29) is 11.6 Å². The van der Waals surface area contributed by atoms with Gasteiger partial charge in [0, 0.05) is 30.5 Å². The molecule has 6 nitrogen and oxygen atoms in total. The lowest BCUT2D eigenvalue weighted by atomic mass is 9.97. The van der Waals surface area contributed by atoms with Crippen LogP contribution in [0.1, 0.15) is 49.6 Å². The van der Waals surface area contributed by atoms with Crippen LogP contribution in [-0.4, -0.2) is 44.2 Å². The zero-order valence-corrected chi connectivity index (χ0v) is 17.8. The van der Waals surface area contributed by atoms with Crippen molar-refractivity contribution in [1.29, 1.82) is 0 Å². The Kier molecular flexibility index (Phi) is 6.33. The van der Waals surface area contributed by atoms with Crippen molar-refractivity contribution in [2.75, 3.05) is 18.8 Å². The zero-order valence-electron chi connectivity index (χ0n) is 17.0. The van der Waals surface area contributed by atoms with Crippen LogP contribution in [0.2, 0.25) is 0 Å². The maximum atomic E-state index is 12.8. The minimum atomic E-state index is -0.238. The third-order valence-corrected chi connectivity index (χ3v) is 6.97. The van der Waals surface area contributed by atoms with Gasteiger partial charge in [0.1, 0.15) is 5.03 Å². The van der Waals surface area contributed by atoms with Crippen LogP contribution >= 0.6 is 11.8 Å². The Balaban J connectivity index is 1.53. The second kappa shape index (κ2) is 9.11. The number of carbonyl (C=O) groups excluding carboxylic acids is 1. The van der Waals surface area contributed by atoms with Gasteiger partial charge in [0.05, 0.1) is 18.0 Å². The first kappa shape index (κ1) is 20.1. The summed E-state index contributed by atoms with van der Waals surface area (Å²) in [6, 6.07) is 5.74. The predicted molar refractivity (Wildman–Crippen MR) is 114 cm³/mol. The van der Waals surface area contributed by atoms with E-state index in [2.05, 4.69) is 16.9 Å². The van der Waals surface area contributed by atoms with Crippen molar-refractivity contribution in [3.05, 3.63) is 51.8 Å². The van der Waals surface area contributed by atoms with E-state index in [4.69, 9.17) is 0 Å². The first-order valence-electron chi connectivity index (χ1n) is 10.5. The summed E-state index contributed by atoms with van der Waals surface area (Å²) < 4.78 is 1.77. The van der Waals surface area contributed by atoms with Crippen LogP contribution in [0.25, 0.3) is 0 Å². The molecule has 0 spiro atoms. The highest BCUT2D eigenvalue weighted by molar-refractivity contribution is 7.99. The number of fused-ring (bicyclic) bond motifs is 1. The molecule has 1 amide bonds. The summed E-state index contributed by atoms with van der Waals surface area (Å²) in [5, 5.41) is 0.751. The molecule has 0 aromatic carbocycles. The van der Waals surface area contributed by atoms with E-state index in [0.717, 1.165) is 73.6 Å². The molecule has 154 valence electrons. The summed E-state index contributed by atoms with van der Waals surface area (Å²) in [7, 11) is 0. The fourth-order valence-electron chi connectivity index (χ4n) is 4.16. The van der Waals surface area contributed by atoms with Gasteiger partial charge in [-0.3, -0.25) is 14.3 Å². The quantitative estimate of drug-likeness (QED) is 0.558. The number of thioether (sulfide) groups is 1. The van der Waals surface area contributed by atoms with E-state index in [1.165, 1.54) is 11.8 Å². The molecule has 2 aromatic heterocycles. The first-order chi connectivity index (χ1) is 14.1. The molecule has 3 heterocycles. The van der Waals surface area contributed by atoms with Crippen molar-refractivity contribution in [2.24, 2.45) is 5.92 Å². The van der Waals surface area contributed by atoms with E-state index in [1.807, 2.05) is 23.1 Å². The number of pyridine rings is 1. The molecule has 0 saturated carbocycles. The maximum Gasteiger partial charge on any atom is 0.349 e. The fraction of sp³-hybridized carbons (Fsp3) is 0.545. The molecule has 1 saturated heterocycles. The standard InChI is InChI=1S/C22H28N4O2S/c1-16-9-12-25(13-10-16)20(27)15-29-21-18-7-2-3-8-19(18)26(22(28)24-21)14-17-6-4-5-11-23-17/h4-6,11,16H,2-3,7-10,12-15H2,1H3. The molecule has 7 heteroatoms. The predicted octanol–water partition coefficient (Wildman–Crippen LogP) is 2.92. The third kappa shape index (κ3) is 4.71. The summed E-state index contributed by atoms with van der Waals surface area (Å²) in [6.07, 6.45) is 7.88. The van der Waals surface area contributed by atoms with Gasteiger partial charge in [-0.05, 0) is 56.6 Å². The second-order valence-electron chi connectivity index (χ2n) is 8.09. The average Bonchev–Trinajstić information content (AvgIpc) is 2.75. The number of likely N-dealkylation sites (tertiary alicyclic amines) is 1. The molecular formula is C22H28N4O2S. The van der Waals surface area contributed by atoms with E-state index in [0.29, 0.717) is 18.2 Å². The smallest absolute Gasteiger partial charge is 0.342 e. The summed E-state index contributed by atoms with van der Waals surface area (Å²) in [6.45, 7) is 4.38. The molecule has 29 heavy (non-hydrogen) atoms. The number of carbonyl (C=O) groups is 1. The molecular weight excluding hydrogens is 384 g/mol. The highest BCUT2D eigenvalue weighted by atomic mass is 32.2. The van der Waals surface area contributed by atoms with Crippen molar-refractivity contribution in [1.82, 2.24) is 19.4 Å². The molecule has 2 aromatic rings. The van der Waals surface area contributed by atoms with Gasteiger partial charge in [-0.1, -0.05) is 24.8 Å². The second-order valence-corrected chi connectivity index (χ2v) is 9.06. The Bertz CT molecular complexity index is 920. The molecule has 2 aliphatic rings. The van der Waals surface area contributed by atoms with Crippen molar-refractivity contribution < 1.29 is 4.79 Å². The van der Waals surface area contributed by atoms with E-state index >= 15 is 0 Å². The van der Waals surface area contributed by atoms with Crippen LogP contribution in [0.4, 0.5) is 0 Å². The highest BCUT2D eigenvalue weighted by Gasteiger charge is 2.24. The Labute approximate surface area is 175 Å². The van der Waals surface area contributed by atoms with Crippen LogP contribution < -0.4 is 5.69 Å². The molecule has 0 radical (unpaired) electrons. The average molecular weight is 413 g/mol. The lowest BCUT2D eigenvalue weighted by Crippen LogP contribution is -2.39. The fourth-order valence-corrected chi connectivity index (χ4v) is 5.14. The van der Waals surface area contributed by atoms with E-state index < -0.39 is 0 Å². The number of aromatic nitrogens is 3. The summed E-state index contributed by atoms with van der Waals surface area (Å²) in [5.74, 6) is 1.22. The number of rotatable bonds is 5. The summed E-state index contributed by atoms with van der Waals surface area (Å²) in [4.78, 5) is 36.1. The largest absolute Gasteiger partial charge is 0.349 e. The molecule has 0 atom stereocenters. The molecule has 1 fully saturated rings. The van der Waals surface area contributed by atoms with Crippen LogP contribution in [0.5, 0.6) is 0 Å². The van der Waals surface area contributed by atoms with Crippen molar-refractivity contribution in [2.45, 2.75) is 57.0 Å². The molecule has 1 aliphatic heterocycles. The third-order valence-electron chi connectivity index (χ3n) is 5.97. The molecule has 0 unspecified atom stereocenters. The van der Waals surface area contributed by atoms with Crippen molar-refractivity contribution in [3.63, 3.8) is 0 Å². The Morgan fingerprint density at radius 3 is 2.76 bits per heavy atom. The van der Waals surface area contributed by atoms with Gasteiger partial charge < -0.3 is 4.90 Å². The minimum Gasteiger partial charge on any atom is -0.342 e. The zero-order chi connectivity index (χ0) is 20.2. The van der Waals surface area contributed by atoms with Gasteiger partial charge in [-0.25, -0.2) is 4.79 Å². The van der Waals surface area contributed by atoms with Gasteiger partial charge in [-0.2, -0.15) is 4.98 Å². The van der Waals surface area contributed by atoms with E-state index in [1.54, 1.807) is 10.8 Å². The molecule has 0 bridgehead atoms. The van der Waals surface area contributed by atoms with Crippen molar-refractivity contribution in [3.8, 4) is 0 Å². The topological polar surface area (TPSA) is 68.1 Å². The SMILES string of the molecule is CC1CCN(C(=O)CSc2nc(=O)n(Cc3ccccn3)c3c2CCCC3)CC1. The number of hydrogen-bond donors (Lipinski definition) is 0. The number of amides is 1. The van der Waals surface area contributed by atoms with Gasteiger partial charge in [-0.15, -0.1) is 0 Å². The summed E-state index contributed by atoms with van der Waals surface area (Å²) in [5.41, 5.74) is 2.85. The monoisotopic (exact) mass is 412 g/mol. The van der Waals surface area contributed by atoms with Crippen LogP contribution in [0.15, 0.2) is 34.2 Å². The normalized spacial score (nSPS) is 17.2. The Morgan fingerprint density at radius 2 is 2.00 bits per heavy atom. The van der Waals surface area contributed by atoms with Gasteiger partial charge >= 0.3 is 5.69 Å². The Morgan fingerprint density at radius 1 is 1.21 bits per heavy atom. The number of piperidine rings is 1. The maximum absolute atomic E-state index is 12.8.